The summed E-state index contributed by atoms with van der Waals surface area (Å²) in [4.78, 5) is 26.7. The van der Waals surface area contributed by atoms with E-state index in [4.69, 9.17) is 0 Å². The number of amides is 2. The van der Waals surface area contributed by atoms with Crippen LogP contribution in [0.15, 0.2) is 48.5 Å². The van der Waals surface area contributed by atoms with Crippen LogP contribution >= 0.6 is 0 Å². The Labute approximate surface area is 147 Å². The van der Waals surface area contributed by atoms with Crippen molar-refractivity contribution >= 4 is 11.8 Å². The van der Waals surface area contributed by atoms with Crippen LogP contribution in [-0.2, 0) is 16.0 Å². The molecule has 3 rings (SSSR count). The van der Waals surface area contributed by atoms with Gasteiger partial charge in [0.25, 0.3) is 0 Å². The first-order valence-corrected chi connectivity index (χ1v) is 8.44. The highest BCUT2D eigenvalue weighted by molar-refractivity contribution is 5.82. The van der Waals surface area contributed by atoms with Gasteiger partial charge in [0.05, 0.1) is 18.9 Å². The zero-order valence-corrected chi connectivity index (χ0v) is 14.2. The molecule has 2 aromatic carbocycles. The van der Waals surface area contributed by atoms with Crippen molar-refractivity contribution in [3.8, 4) is 5.75 Å². The van der Waals surface area contributed by atoms with Gasteiger partial charge in [-0.05, 0) is 29.7 Å². The van der Waals surface area contributed by atoms with Crippen LogP contribution in [0.4, 0.5) is 0 Å². The van der Waals surface area contributed by atoms with Crippen LogP contribution in [0.5, 0.6) is 5.75 Å². The molecule has 130 valence electrons. The Kier molecular flexibility index (Phi) is 5.03. The maximum Gasteiger partial charge on any atom is 0.227 e. The average molecular weight is 338 g/mol. The molecule has 1 atom stereocenters. The highest BCUT2D eigenvalue weighted by Crippen LogP contribution is 2.27. The molecule has 0 aliphatic carbocycles. The molecule has 0 radical (unpaired) electrons. The van der Waals surface area contributed by atoms with Crippen molar-refractivity contribution in [2.24, 2.45) is 0 Å². The summed E-state index contributed by atoms with van der Waals surface area (Å²) in [6.45, 7) is 2.74. The molecule has 0 bridgehead atoms. The number of nitrogens with one attached hydrogen (secondary N) is 1. The maximum atomic E-state index is 12.9. The smallest absolute Gasteiger partial charge is 0.227 e. The third kappa shape index (κ3) is 3.99. The summed E-state index contributed by atoms with van der Waals surface area (Å²) in [5, 5.41) is 12.7. The van der Waals surface area contributed by atoms with Gasteiger partial charge in [0.2, 0.25) is 11.8 Å². The molecule has 1 fully saturated rings. The molecular weight excluding hydrogens is 316 g/mol. The summed E-state index contributed by atoms with van der Waals surface area (Å²) in [6, 6.07) is 14.7. The van der Waals surface area contributed by atoms with Crippen LogP contribution in [0.3, 0.4) is 0 Å². The van der Waals surface area contributed by atoms with E-state index in [-0.39, 0.29) is 36.4 Å². The van der Waals surface area contributed by atoms with Crippen LogP contribution in [-0.4, -0.2) is 34.9 Å². The normalized spacial score (nSPS) is 17.7. The lowest BCUT2D eigenvalue weighted by atomic mass is 10.0. The molecule has 2 N–H and O–H groups in total. The quantitative estimate of drug-likeness (QED) is 0.902. The van der Waals surface area contributed by atoms with Crippen LogP contribution in [0.25, 0.3) is 0 Å². The molecule has 0 saturated carbocycles. The van der Waals surface area contributed by atoms with E-state index in [9.17, 15) is 14.7 Å². The summed E-state index contributed by atoms with van der Waals surface area (Å²) in [5.74, 6) is 0.100. The standard InChI is InChI=1S/C20H22N2O3/c1-14-7-8-15(11-18(14)23)12-20(25)22-10-9-21-19(24)13-17(22)16-5-3-2-4-6-16/h2-8,11,17,23H,9-10,12-13H2,1H3,(H,21,24)/t17-/m1/s1. The minimum Gasteiger partial charge on any atom is -0.508 e. The minimum absolute atomic E-state index is 0.0443. The molecule has 2 amide bonds. The number of carbonyl (C=O) groups is 2. The van der Waals surface area contributed by atoms with E-state index in [1.54, 1.807) is 17.0 Å². The highest BCUT2D eigenvalue weighted by Gasteiger charge is 2.29. The number of benzene rings is 2. The molecule has 0 aromatic heterocycles. The van der Waals surface area contributed by atoms with E-state index in [0.717, 1.165) is 16.7 Å². The number of hydrogen-bond donors (Lipinski definition) is 2. The van der Waals surface area contributed by atoms with Gasteiger partial charge in [0.1, 0.15) is 5.75 Å². The van der Waals surface area contributed by atoms with Crippen molar-refractivity contribution in [3.05, 3.63) is 65.2 Å². The van der Waals surface area contributed by atoms with Crippen LogP contribution in [0.1, 0.15) is 29.2 Å². The summed E-state index contributed by atoms with van der Waals surface area (Å²) in [6.07, 6.45) is 0.459. The zero-order chi connectivity index (χ0) is 17.8. The Morgan fingerprint density at radius 3 is 2.72 bits per heavy atom. The van der Waals surface area contributed by atoms with E-state index in [0.29, 0.717) is 13.1 Å². The average Bonchev–Trinajstić information content (AvgIpc) is 2.80. The number of phenols is 1. The molecular formula is C20H22N2O3. The summed E-state index contributed by atoms with van der Waals surface area (Å²) < 4.78 is 0. The molecule has 1 heterocycles. The summed E-state index contributed by atoms with van der Waals surface area (Å²) in [7, 11) is 0. The molecule has 1 aliphatic rings. The van der Waals surface area contributed by atoms with Crippen LogP contribution in [0, 0.1) is 6.92 Å². The first-order chi connectivity index (χ1) is 12.0. The third-order valence-corrected chi connectivity index (χ3v) is 4.56. The Hall–Kier alpha value is -2.82. The predicted molar refractivity (Wildman–Crippen MR) is 95.1 cm³/mol. The second-order valence-electron chi connectivity index (χ2n) is 6.37. The lowest BCUT2D eigenvalue weighted by molar-refractivity contribution is -0.133. The van der Waals surface area contributed by atoms with Gasteiger partial charge in [-0.15, -0.1) is 0 Å². The number of aromatic hydroxyl groups is 1. The lowest BCUT2D eigenvalue weighted by Crippen LogP contribution is -2.37. The first-order valence-electron chi connectivity index (χ1n) is 8.44. The lowest BCUT2D eigenvalue weighted by Gasteiger charge is -2.29. The number of aryl methyl sites for hydroxylation is 1. The summed E-state index contributed by atoms with van der Waals surface area (Å²) in [5.41, 5.74) is 2.51. The van der Waals surface area contributed by atoms with E-state index >= 15 is 0 Å². The van der Waals surface area contributed by atoms with Gasteiger partial charge >= 0.3 is 0 Å². The Morgan fingerprint density at radius 2 is 2.00 bits per heavy atom. The molecule has 0 spiro atoms. The first kappa shape index (κ1) is 17.0. The van der Waals surface area contributed by atoms with Gasteiger partial charge in [-0.2, -0.15) is 0 Å². The second-order valence-corrected chi connectivity index (χ2v) is 6.37. The third-order valence-electron chi connectivity index (χ3n) is 4.56. The maximum absolute atomic E-state index is 12.9. The molecule has 2 aromatic rings. The molecule has 25 heavy (non-hydrogen) atoms. The summed E-state index contributed by atoms with van der Waals surface area (Å²) >= 11 is 0. The van der Waals surface area contributed by atoms with Gasteiger partial charge in [0, 0.05) is 13.1 Å². The van der Waals surface area contributed by atoms with E-state index in [2.05, 4.69) is 5.32 Å². The monoisotopic (exact) mass is 338 g/mol. The van der Waals surface area contributed by atoms with Crippen molar-refractivity contribution in [3.63, 3.8) is 0 Å². The Balaban J connectivity index is 1.84. The number of carbonyl (C=O) groups excluding carboxylic acids is 2. The Morgan fingerprint density at radius 1 is 1.24 bits per heavy atom. The number of rotatable bonds is 3. The number of hydrogen-bond acceptors (Lipinski definition) is 3. The van der Waals surface area contributed by atoms with Crippen LogP contribution in [0.2, 0.25) is 0 Å². The fourth-order valence-corrected chi connectivity index (χ4v) is 3.14. The van der Waals surface area contributed by atoms with Crippen molar-refractivity contribution in [1.29, 1.82) is 0 Å². The van der Waals surface area contributed by atoms with Crippen molar-refractivity contribution in [1.82, 2.24) is 10.2 Å². The Bertz CT molecular complexity index is 774. The van der Waals surface area contributed by atoms with Crippen LogP contribution < -0.4 is 5.32 Å². The SMILES string of the molecule is Cc1ccc(CC(=O)N2CCNC(=O)C[C@@H]2c2ccccc2)cc1O. The highest BCUT2D eigenvalue weighted by atomic mass is 16.3. The fraction of sp³-hybridized carbons (Fsp3) is 0.300. The van der Waals surface area contributed by atoms with E-state index in [1.165, 1.54) is 0 Å². The van der Waals surface area contributed by atoms with Crippen molar-refractivity contribution in [2.75, 3.05) is 13.1 Å². The molecule has 5 nitrogen and oxygen atoms in total. The topological polar surface area (TPSA) is 69.6 Å². The molecule has 1 aliphatic heterocycles. The van der Waals surface area contributed by atoms with Gasteiger partial charge in [-0.25, -0.2) is 0 Å². The van der Waals surface area contributed by atoms with Crippen molar-refractivity contribution < 1.29 is 14.7 Å². The largest absolute Gasteiger partial charge is 0.508 e. The van der Waals surface area contributed by atoms with Gasteiger partial charge in [-0.1, -0.05) is 42.5 Å². The molecule has 1 saturated heterocycles. The fourth-order valence-electron chi connectivity index (χ4n) is 3.14. The van der Waals surface area contributed by atoms with Gasteiger partial charge in [0.15, 0.2) is 0 Å². The van der Waals surface area contributed by atoms with Gasteiger partial charge < -0.3 is 15.3 Å². The van der Waals surface area contributed by atoms with Crippen molar-refractivity contribution in [2.45, 2.75) is 25.8 Å². The molecule has 0 unspecified atom stereocenters. The predicted octanol–water partition coefficient (Wildman–Crippen LogP) is 2.33. The van der Waals surface area contributed by atoms with E-state index in [1.807, 2.05) is 43.3 Å². The van der Waals surface area contributed by atoms with E-state index < -0.39 is 0 Å². The number of phenolic OH excluding ortho intramolecular Hbond substituents is 1. The minimum atomic E-state index is -0.268. The molecule has 5 heteroatoms. The second kappa shape index (κ2) is 7.38. The zero-order valence-electron chi connectivity index (χ0n) is 14.2. The van der Waals surface area contributed by atoms with Gasteiger partial charge in [-0.3, -0.25) is 9.59 Å². The number of nitrogens with zero attached hydrogens (tertiary/aromatic N) is 1.